The minimum absolute atomic E-state index is 0.0416. The molecule has 0 unspecified atom stereocenters. The molecule has 6 heteroatoms. The number of likely N-dealkylation sites (tertiary alicyclic amines) is 1. The number of fused-ring (bicyclic) bond motifs is 3. The Hall–Kier alpha value is -2.86. The molecule has 0 aromatic heterocycles. The summed E-state index contributed by atoms with van der Waals surface area (Å²) < 4.78 is 5.63. The molecular weight excluding hydrogens is 380 g/mol. The Morgan fingerprint density at radius 2 is 1.60 bits per heavy atom. The lowest BCUT2D eigenvalue weighted by Crippen LogP contribution is -2.50. The maximum Gasteiger partial charge on any atom is 0.410 e. The summed E-state index contributed by atoms with van der Waals surface area (Å²) in [4.78, 5) is 27.9. The van der Waals surface area contributed by atoms with Crippen LogP contribution in [0.4, 0.5) is 4.79 Å². The van der Waals surface area contributed by atoms with Crippen molar-refractivity contribution in [1.29, 1.82) is 0 Å². The summed E-state index contributed by atoms with van der Waals surface area (Å²) in [6, 6.07) is 15.4. The van der Waals surface area contributed by atoms with E-state index >= 15 is 0 Å². The van der Waals surface area contributed by atoms with Crippen molar-refractivity contribution in [3.05, 3.63) is 59.7 Å². The molecule has 2 aromatic carbocycles. The second-order valence-corrected chi connectivity index (χ2v) is 8.13. The van der Waals surface area contributed by atoms with Crippen LogP contribution in [-0.4, -0.2) is 66.3 Å². The van der Waals surface area contributed by atoms with E-state index in [9.17, 15) is 14.7 Å². The zero-order chi connectivity index (χ0) is 21.1. The third-order valence-corrected chi connectivity index (χ3v) is 6.26. The average Bonchev–Trinajstić information content (AvgIpc) is 3.09. The van der Waals surface area contributed by atoms with E-state index in [1.165, 1.54) is 18.4 Å². The molecule has 1 atom stereocenters. The molecule has 158 valence electrons. The molecule has 0 spiro atoms. The molecule has 1 heterocycles. The highest BCUT2D eigenvalue weighted by molar-refractivity contribution is 5.81. The summed E-state index contributed by atoms with van der Waals surface area (Å²) in [6.07, 6.45) is 2.72. The van der Waals surface area contributed by atoms with Crippen molar-refractivity contribution in [2.75, 3.05) is 33.3 Å². The monoisotopic (exact) mass is 408 g/mol. The zero-order valence-electron chi connectivity index (χ0n) is 17.3. The molecule has 4 rings (SSSR count). The van der Waals surface area contributed by atoms with Gasteiger partial charge in [0.05, 0.1) is 0 Å². The lowest BCUT2D eigenvalue weighted by molar-refractivity contribution is -0.143. The van der Waals surface area contributed by atoms with Gasteiger partial charge in [-0.2, -0.15) is 0 Å². The van der Waals surface area contributed by atoms with Gasteiger partial charge in [0.25, 0.3) is 0 Å². The van der Waals surface area contributed by atoms with Crippen molar-refractivity contribution in [1.82, 2.24) is 9.80 Å². The molecule has 0 bridgehead atoms. The van der Waals surface area contributed by atoms with Crippen LogP contribution >= 0.6 is 0 Å². The van der Waals surface area contributed by atoms with Crippen molar-refractivity contribution in [2.45, 2.75) is 31.2 Å². The standard InChI is InChI=1S/C24H28N2O4/c1-25(22(23(27)28)15-26-13-7-2-8-14-26)24(29)30-16-21-19-11-5-3-9-17(19)18-10-4-6-12-20(18)21/h3-6,9-12,21-22H,2,7-8,13-16H2,1H3,(H,27,28)/t22-/m0/s1. The lowest BCUT2D eigenvalue weighted by Gasteiger charge is -2.32. The van der Waals surface area contributed by atoms with Crippen molar-refractivity contribution >= 4 is 12.1 Å². The van der Waals surface area contributed by atoms with Gasteiger partial charge in [-0.3, -0.25) is 4.90 Å². The Morgan fingerprint density at radius 1 is 1.03 bits per heavy atom. The molecule has 0 saturated carbocycles. The largest absolute Gasteiger partial charge is 0.480 e. The number of carboxylic acids is 1. The Balaban J connectivity index is 1.44. The molecule has 1 saturated heterocycles. The summed E-state index contributed by atoms with van der Waals surface area (Å²) in [5.74, 6) is -1.04. The van der Waals surface area contributed by atoms with Gasteiger partial charge in [-0.1, -0.05) is 55.0 Å². The highest BCUT2D eigenvalue weighted by Gasteiger charge is 2.33. The Bertz CT molecular complexity index is 877. The summed E-state index contributed by atoms with van der Waals surface area (Å²) in [7, 11) is 1.52. The average molecular weight is 408 g/mol. The number of carbonyl (C=O) groups is 2. The van der Waals surface area contributed by atoms with Crippen LogP contribution < -0.4 is 0 Å². The number of amides is 1. The van der Waals surface area contributed by atoms with Crippen LogP contribution in [0.25, 0.3) is 11.1 Å². The summed E-state index contributed by atoms with van der Waals surface area (Å²) in [5.41, 5.74) is 4.60. The van der Waals surface area contributed by atoms with Crippen LogP contribution in [0.5, 0.6) is 0 Å². The zero-order valence-corrected chi connectivity index (χ0v) is 17.3. The van der Waals surface area contributed by atoms with E-state index in [4.69, 9.17) is 4.74 Å². The predicted octanol–water partition coefficient (Wildman–Crippen LogP) is 3.81. The number of carbonyl (C=O) groups excluding carboxylic acids is 1. The van der Waals surface area contributed by atoms with Crippen molar-refractivity contribution < 1.29 is 19.4 Å². The third-order valence-electron chi connectivity index (χ3n) is 6.26. The smallest absolute Gasteiger partial charge is 0.410 e. The van der Waals surface area contributed by atoms with E-state index in [0.717, 1.165) is 48.2 Å². The van der Waals surface area contributed by atoms with Gasteiger partial charge in [0.15, 0.2) is 0 Å². The number of piperidine rings is 1. The van der Waals surface area contributed by atoms with Gasteiger partial charge in [-0.05, 0) is 48.2 Å². The van der Waals surface area contributed by atoms with E-state index in [-0.39, 0.29) is 12.5 Å². The van der Waals surface area contributed by atoms with Gasteiger partial charge in [0.2, 0.25) is 0 Å². The predicted molar refractivity (Wildman–Crippen MR) is 115 cm³/mol. The number of hydrogen-bond acceptors (Lipinski definition) is 4. The first-order valence-electron chi connectivity index (χ1n) is 10.6. The molecule has 30 heavy (non-hydrogen) atoms. The summed E-state index contributed by atoms with van der Waals surface area (Å²) >= 11 is 0. The van der Waals surface area contributed by atoms with Crippen LogP contribution in [0, 0.1) is 0 Å². The molecule has 6 nitrogen and oxygen atoms in total. The molecule has 1 aliphatic heterocycles. The Morgan fingerprint density at radius 3 is 2.17 bits per heavy atom. The molecule has 2 aromatic rings. The van der Waals surface area contributed by atoms with E-state index in [1.807, 2.05) is 24.3 Å². The fourth-order valence-electron chi connectivity index (χ4n) is 4.58. The van der Waals surface area contributed by atoms with Crippen LogP contribution in [0.1, 0.15) is 36.3 Å². The number of likely N-dealkylation sites (N-methyl/N-ethyl adjacent to an activating group) is 1. The molecule has 1 N–H and O–H groups in total. The van der Waals surface area contributed by atoms with Gasteiger partial charge >= 0.3 is 12.1 Å². The van der Waals surface area contributed by atoms with Gasteiger partial charge in [-0.15, -0.1) is 0 Å². The molecule has 1 amide bonds. The van der Waals surface area contributed by atoms with Crippen molar-refractivity contribution in [2.24, 2.45) is 0 Å². The summed E-state index contributed by atoms with van der Waals surface area (Å²) in [6.45, 7) is 2.27. The SMILES string of the molecule is CN(C(=O)OCC1c2ccccc2-c2ccccc21)[C@@H](CN1CCCCC1)C(=O)O. The number of ether oxygens (including phenoxy) is 1. The second-order valence-electron chi connectivity index (χ2n) is 8.13. The number of aliphatic carboxylic acids is 1. The molecule has 1 aliphatic carbocycles. The minimum atomic E-state index is -1.00. The number of hydrogen-bond donors (Lipinski definition) is 1. The number of nitrogens with zero attached hydrogens (tertiary/aromatic N) is 2. The highest BCUT2D eigenvalue weighted by atomic mass is 16.6. The Kier molecular flexibility index (Phi) is 6.04. The van der Waals surface area contributed by atoms with Crippen molar-refractivity contribution in [3.63, 3.8) is 0 Å². The van der Waals surface area contributed by atoms with Gasteiger partial charge in [-0.25, -0.2) is 9.59 Å². The first-order chi connectivity index (χ1) is 14.6. The van der Waals surface area contributed by atoms with Crippen LogP contribution in [0.15, 0.2) is 48.5 Å². The van der Waals surface area contributed by atoms with E-state index in [2.05, 4.69) is 29.2 Å². The van der Waals surface area contributed by atoms with Gasteiger partial charge in [0, 0.05) is 19.5 Å². The second kappa shape index (κ2) is 8.88. The summed E-state index contributed by atoms with van der Waals surface area (Å²) in [5, 5.41) is 9.69. The first kappa shape index (κ1) is 20.4. The topological polar surface area (TPSA) is 70.1 Å². The van der Waals surface area contributed by atoms with Gasteiger partial charge < -0.3 is 14.7 Å². The number of rotatable bonds is 6. The maximum atomic E-state index is 12.7. The van der Waals surface area contributed by atoms with E-state index in [0.29, 0.717) is 6.54 Å². The maximum absolute atomic E-state index is 12.7. The first-order valence-corrected chi connectivity index (χ1v) is 10.6. The third kappa shape index (κ3) is 4.05. The van der Waals surface area contributed by atoms with Crippen molar-refractivity contribution in [3.8, 4) is 11.1 Å². The molecular formula is C24H28N2O4. The quantitative estimate of drug-likeness (QED) is 0.787. The number of benzene rings is 2. The van der Waals surface area contributed by atoms with Gasteiger partial charge in [0.1, 0.15) is 12.6 Å². The van der Waals surface area contributed by atoms with Crippen LogP contribution in [-0.2, 0) is 9.53 Å². The van der Waals surface area contributed by atoms with Crippen LogP contribution in [0.2, 0.25) is 0 Å². The van der Waals surface area contributed by atoms with E-state index in [1.54, 1.807) is 0 Å². The minimum Gasteiger partial charge on any atom is -0.480 e. The number of carboxylic acid groups (broad SMARTS) is 1. The normalized spacial score (nSPS) is 17.1. The fourth-order valence-corrected chi connectivity index (χ4v) is 4.58. The fraction of sp³-hybridized carbons (Fsp3) is 0.417. The molecule has 1 fully saturated rings. The molecule has 0 radical (unpaired) electrons. The van der Waals surface area contributed by atoms with Crippen LogP contribution in [0.3, 0.4) is 0 Å². The highest BCUT2D eigenvalue weighted by Crippen LogP contribution is 2.44. The Labute approximate surface area is 177 Å². The van der Waals surface area contributed by atoms with E-state index < -0.39 is 18.1 Å². The lowest BCUT2D eigenvalue weighted by atomic mass is 9.98. The molecule has 2 aliphatic rings.